The lowest BCUT2D eigenvalue weighted by Crippen LogP contribution is -2.47. The molecule has 2 aromatic rings. The van der Waals surface area contributed by atoms with E-state index in [-0.39, 0.29) is 11.6 Å². The molecule has 6 heteroatoms. The Morgan fingerprint density at radius 2 is 2.10 bits per heavy atom. The summed E-state index contributed by atoms with van der Waals surface area (Å²) in [5.74, 6) is -0.218. The number of hydrogen-bond donors (Lipinski definition) is 0. The van der Waals surface area contributed by atoms with E-state index in [2.05, 4.69) is 25.9 Å². The van der Waals surface area contributed by atoms with Crippen LogP contribution in [0.5, 0.6) is 0 Å². The lowest BCUT2D eigenvalue weighted by molar-refractivity contribution is 0.0765. The Labute approximate surface area is 124 Å². The molecule has 106 valence electrons. The Morgan fingerprint density at radius 1 is 1.30 bits per heavy atom. The lowest BCUT2D eigenvalue weighted by Gasteiger charge is -2.39. The summed E-state index contributed by atoms with van der Waals surface area (Å²) in [5.41, 5.74) is 0.422. The Morgan fingerprint density at radius 3 is 2.80 bits per heavy atom. The quantitative estimate of drug-likeness (QED) is 0.852. The van der Waals surface area contributed by atoms with Gasteiger partial charge >= 0.3 is 0 Å². The topological polar surface area (TPSA) is 21.1 Å². The summed E-state index contributed by atoms with van der Waals surface area (Å²) in [4.78, 5) is 2.11. The van der Waals surface area contributed by atoms with E-state index in [4.69, 9.17) is 0 Å². The molecule has 2 heterocycles. The molecule has 0 atom stereocenters. The largest absolute Gasteiger partial charge is 0.298 e. The maximum atomic E-state index is 13.5. The molecule has 1 aromatic carbocycles. The number of aromatic nitrogens is 2. The lowest BCUT2D eigenvalue weighted by atomic mass is 9.99. The molecule has 0 aliphatic carbocycles. The highest BCUT2D eigenvalue weighted by molar-refractivity contribution is 9.10. The van der Waals surface area contributed by atoms with Gasteiger partial charge in [-0.1, -0.05) is 0 Å². The first-order valence-corrected chi connectivity index (χ1v) is 7.23. The predicted octanol–water partition coefficient (Wildman–Crippen LogP) is 3.06. The SMILES string of the molecule is Fc1ccc(F)c(CN2CC(Cn3cc(Br)cn3)C2)c1. The first-order chi connectivity index (χ1) is 9.60. The van der Waals surface area contributed by atoms with Crippen LogP contribution >= 0.6 is 15.9 Å². The van der Waals surface area contributed by atoms with Crippen molar-refractivity contribution < 1.29 is 8.78 Å². The highest BCUT2D eigenvalue weighted by Crippen LogP contribution is 2.22. The van der Waals surface area contributed by atoms with E-state index >= 15 is 0 Å². The Bertz CT molecular complexity index is 608. The molecular formula is C14H14BrF2N3. The number of rotatable bonds is 4. The van der Waals surface area contributed by atoms with Crippen molar-refractivity contribution in [3.8, 4) is 0 Å². The third kappa shape index (κ3) is 3.07. The van der Waals surface area contributed by atoms with E-state index in [1.165, 1.54) is 12.1 Å². The Hall–Kier alpha value is -1.27. The van der Waals surface area contributed by atoms with Crippen LogP contribution in [0.15, 0.2) is 35.1 Å². The summed E-state index contributed by atoms with van der Waals surface area (Å²) in [6.45, 7) is 3.08. The zero-order valence-corrected chi connectivity index (χ0v) is 12.4. The van der Waals surface area contributed by atoms with Crippen LogP contribution in [0.25, 0.3) is 0 Å². The van der Waals surface area contributed by atoms with Gasteiger partial charge in [0.2, 0.25) is 0 Å². The summed E-state index contributed by atoms with van der Waals surface area (Å²) in [5, 5.41) is 4.21. The van der Waals surface area contributed by atoms with Gasteiger partial charge in [0.25, 0.3) is 0 Å². The standard InChI is InChI=1S/C14H14BrF2N3/c15-12-4-18-20(9-12)7-10-5-19(6-10)8-11-3-13(16)1-2-14(11)17/h1-4,9-10H,5-8H2. The van der Waals surface area contributed by atoms with Gasteiger partial charge in [-0.05, 0) is 34.1 Å². The highest BCUT2D eigenvalue weighted by atomic mass is 79.9. The first-order valence-electron chi connectivity index (χ1n) is 6.44. The van der Waals surface area contributed by atoms with Crippen LogP contribution in [0.4, 0.5) is 8.78 Å². The van der Waals surface area contributed by atoms with Crippen LogP contribution in [-0.2, 0) is 13.1 Å². The summed E-state index contributed by atoms with van der Waals surface area (Å²) in [6.07, 6.45) is 3.70. The van der Waals surface area contributed by atoms with Crippen LogP contribution < -0.4 is 0 Å². The minimum Gasteiger partial charge on any atom is -0.298 e. The second kappa shape index (κ2) is 5.61. The summed E-state index contributed by atoms with van der Waals surface area (Å²) >= 11 is 3.36. The third-order valence-electron chi connectivity index (χ3n) is 3.48. The molecule has 1 fully saturated rings. The molecule has 0 N–H and O–H groups in total. The first kappa shape index (κ1) is 13.7. The van der Waals surface area contributed by atoms with Gasteiger partial charge in [0.15, 0.2) is 0 Å². The second-order valence-corrected chi connectivity index (χ2v) is 6.09. The molecule has 1 aliphatic rings. The van der Waals surface area contributed by atoms with Crippen molar-refractivity contribution >= 4 is 15.9 Å². The van der Waals surface area contributed by atoms with E-state index in [0.717, 1.165) is 30.2 Å². The summed E-state index contributed by atoms with van der Waals surface area (Å²) < 4.78 is 29.5. The van der Waals surface area contributed by atoms with Crippen molar-refractivity contribution in [2.75, 3.05) is 13.1 Å². The van der Waals surface area contributed by atoms with E-state index in [1.54, 1.807) is 6.20 Å². The fourth-order valence-electron chi connectivity index (χ4n) is 2.53. The van der Waals surface area contributed by atoms with Crippen LogP contribution in [0, 0.1) is 17.6 Å². The molecule has 3 nitrogen and oxygen atoms in total. The normalized spacial score (nSPS) is 16.4. The fraction of sp³-hybridized carbons (Fsp3) is 0.357. The molecule has 1 aromatic heterocycles. The van der Waals surface area contributed by atoms with Gasteiger partial charge in [-0.3, -0.25) is 9.58 Å². The molecule has 0 radical (unpaired) electrons. The smallest absolute Gasteiger partial charge is 0.127 e. The average molecular weight is 342 g/mol. The molecule has 1 aliphatic heterocycles. The van der Waals surface area contributed by atoms with Gasteiger partial charge in [-0.2, -0.15) is 5.10 Å². The minimum absolute atomic E-state index is 0.342. The van der Waals surface area contributed by atoms with Crippen LogP contribution in [0.2, 0.25) is 0 Å². The maximum Gasteiger partial charge on any atom is 0.127 e. The van der Waals surface area contributed by atoms with Gasteiger partial charge in [0.1, 0.15) is 11.6 Å². The molecule has 0 amide bonds. The Kier molecular flexibility index (Phi) is 3.85. The Balaban J connectivity index is 1.52. The summed E-state index contributed by atoms with van der Waals surface area (Å²) in [7, 11) is 0. The van der Waals surface area contributed by atoms with Crippen LogP contribution in [0.1, 0.15) is 5.56 Å². The molecule has 0 bridgehead atoms. The van der Waals surface area contributed by atoms with Crippen molar-refractivity contribution in [2.45, 2.75) is 13.1 Å². The molecular weight excluding hydrogens is 328 g/mol. The maximum absolute atomic E-state index is 13.5. The number of likely N-dealkylation sites (tertiary alicyclic amines) is 1. The van der Waals surface area contributed by atoms with Crippen LogP contribution in [-0.4, -0.2) is 27.8 Å². The molecule has 0 spiro atoms. The molecule has 20 heavy (non-hydrogen) atoms. The molecule has 3 rings (SSSR count). The minimum atomic E-state index is -0.389. The van der Waals surface area contributed by atoms with E-state index in [0.29, 0.717) is 18.0 Å². The van der Waals surface area contributed by atoms with Crippen molar-refractivity contribution in [2.24, 2.45) is 5.92 Å². The van der Waals surface area contributed by atoms with Gasteiger partial charge in [0.05, 0.1) is 10.7 Å². The highest BCUT2D eigenvalue weighted by Gasteiger charge is 2.27. The molecule has 0 saturated carbocycles. The monoisotopic (exact) mass is 341 g/mol. The second-order valence-electron chi connectivity index (χ2n) is 5.18. The zero-order chi connectivity index (χ0) is 14.1. The van der Waals surface area contributed by atoms with Gasteiger partial charge in [-0.25, -0.2) is 8.78 Å². The van der Waals surface area contributed by atoms with Gasteiger partial charge in [0, 0.05) is 43.9 Å². The number of nitrogens with zero attached hydrogens (tertiary/aromatic N) is 3. The number of hydrogen-bond acceptors (Lipinski definition) is 2. The van der Waals surface area contributed by atoms with Gasteiger partial charge in [-0.15, -0.1) is 0 Å². The summed E-state index contributed by atoms with van der Waals surface area (Å²) in [6, 6.07) is 3.60. The predicted molar refractivity (Wildman–Crippen MR) is 75.1 cm³/mol. The van der Waals surface area contributed by atoms with Crippen molar-refractivity contribution in [3.63, 3.8) is 0 Å². The zero-order valence-electron chi connectivity index (χ0n) is 10.8. The van der Waals surface area contributed by atoms with E-state index < -0.39 is 0 Å². The van der Waals surface area contributed by atoms with Crippen LogP contribution in [0.3, 0.4) is 0 Å². The van der Waals surface area contributed by atoms with Crippen molar-refractivity contribution in [3.05, 3.63) is 52.3 Å². The van der Waals surface area contributed by atoms with Gasteiger partial charge < -0.3 is 0 Å². The average Bonchev–Trinajstić information content (AvgIpc) is 2.76. The van der Waals surface area contributed by atoms with E-state index in [1.807, 2.05) is 10.9 Å². The molecule has 0 unspecified atom stereocenters. The van der Waals surface area contributed by atoms with Crippen molar-refractivity contribution in [1.82, 2.24) is 14.7 Å². The molecule has 1 saturated heterocycles. The van der Waals surface area contributed by atoms with Crippen molar-refractivity contribution in [1.29, 1.82) is 0 Å². The van der Waals surface area contributed by atoms with E-state index in [9.17, 15) is 8.78 Å². The third-order valence-corrected chi connectivity index (χ3v) is 3.89. The number of halogens is 3. The number of benzene rings is 1. The fourth-order valence-corrected chi connectivity index (χ4v) is 2.86.